The number of ether oxygens (including phenoxy) is 1. The first kappa shape index (κ1) is 22.4. The van der Waals surface area contributed by atoms with E-state index in [9.17, 15) is 14.4 Å². The Morgan fingerprint density at radius 2 is 2.03 bits per heavy atom. The number of carbonyl (C=O) groups is 3. The van der Waals surface area contributed by atoms with Crippen LogP contribution in [0.25, 0.3) is 6.08 Å². The second-order valence-corrected chi connectivity index (χ2v) is 9.72. The minimum absolute atomic E-state index is 0.0757. The monoisotopic (exact) mass is 430 g/mol. The third-order valence-corrected chi connectivity index (χ3v) is 7.03. The largest absolute Gasteiger partial charge is 0.464 e. The second-order valence-electron chi connectivity index (χ2n) is 8.72. The van der Waals surface area contributed by atoms with Crippen LogP contribution in [0.1, 0.15) is 63.6 Å². The molecule has 1 fully saturated rings. The lowest BCUT2D eigenvalue weighted by Crippen LogP contribution is -2.45. The molecule has 1 aromatic carbocycles. The van der Waals surface area contributed by atoms with Crippen molar-refractivity contribution in [1.29, 1.82) is 0 Å². The number of esters is 1. The van der Waals surface area contributed by atoms with E-state index in [0.29, 0.717) is 10.8 Å². The van der Waals surface area contributed by atoms with Crippen LogP contribution in [-0.4, -0.2) is 47.3 Å². The molecule has 2 atom stereocenters. The van der Waals surface area contributed by atoms with E-state index in [2.05, 4.69) is 44.9 Å². The molecule has 0 N–H and O–H groups in total. The van der Waals surface area contributed by atoms with Crippen molar-refractivity contribution in [2.75, 3.05) is 18.6 Å². The average molecular weight is 431 g/mol. The van der Waals surface area contributed by atoms with Gasteiger partial charge in [0.25, 0.3) is 11.1 Å². The maximum absolute atomic E-state index is 12.9. The van der Waals surface area contributed by atoms with E-state index in [1.165, 1.54) is 18.2 Å². The summed E-state index contributed by atoms with van der Waals surface area (Å²) < 4.78 is 4.97. The molecule has 0 spiro atoms. The highest BCUT2D eigenvalue weighted by molar-refractivity contribution is 8.18. The summed E-state index contributed by atoms with van der Waals surface area (Å²) in [6, 6.07) is 3.34. The van der Waals surface area contributed by atoms with Gasteiger partial charge in [-0.2, -0.15) is 0 Å². The first-order chi connectivity index (χ1) is 14.0. The number of amides is 2. The highest BCUT2D eigenvalue weighted by atomic mass is 32.2. The molecule has 162 valence electrons. The molecule has 0 unspecified atom stereocenters. The van der Waals surface area contributed by atoms with E-state index in [1.54, 1.807) is 13.0 Å². The molecule has 2 aliphatic heterocycles. The number of hydrogen-bond acceptors (Lipinski definition) is 6. The van der Waals surface area contributed by atoms with Crippen molar-refractivity contribution >= 4 is 40.6 Å². The van der Waals surface area contributed by atoms with Crippen molar-refractivity contribution < 1.29 is 19.1 Å². The normalized spacial score (nSPS) is 23.0. The summed E-state index contributed by atoms with van der Waals surface area (Å²) in [6.45, 7) is 12.1. The summed E-state index contributed by atoms with van der Waals surface area (Å²) in [4.78, 5) is 41.0. The van der Waals surface area contributed by atoms with Gasteiger partial charge >= 0.3 is 5.97 Å². The van der Waals surface area contributed by atoms with Gasteiger partial charge < -0.3 is 9.64 Å². The van der Waals surface area contributed by atoms with E-state index in [0.717, 1.165) is 34.2 Å². The first-order valence-corrected chi connectivity index (χ1v) is 11.1. The number of rotatable bonds is 4. The van der Waals surface area contributed by atoms with Gasteiger partial charge in [-0.25, -0.2) is 4.79 Å². The number of benzene rings is 1. The van der Waals surface area contributed by atoms with Gasteiger partial charge in [-0.3, -0.25) is 14.5 Å². The fourth-order valence-corrected chi connectivity index (χ4v) is 5.11. The number of nitrogens with zero attached hydrogens (tertiary/aromatic N) is 2. The van der Waals surface area contributed by atoms with Crippen LogP contribution in [0.4, 0.5) is 10.5 Å². The molecular formula is C23H30N2O4S. The zero-order chi connectivity index (χ0) is 22.4. The van der Waals surface area contributed by atoms with Crippen LogP contribution in [0, 0.1) is 6.92 Å². The Balaban J connectivity index is 1.95. The Morgan fingerprint density at radius 1 is 1.37 bits per heavy atom. The van der Waals surface area contributed by atoms with Crippen LogP contribution in [0.2, 0.25) is 0 Å². The maximum atomic E-state index is 12.9. The fourth-order valence-electron chi connectivity index (χ4n) is 4.21. The summed E-state index contributed by atoms with van der Waals surface area (Å²) in [6.07, 6.45) is 2.80. The Labute approximate surface area is 182 Å². The van der Waals surface area contributed by atoms with Crippen molar-refractivity contribution in [3.8, 4) is 0 Å². The number of fused-ring (bicyclic) bond motifs is 1. The molecule has 0 bridgehead atoms. The van der Waals surface area contributed by atoms with Gasteiger partial charge in [-0.1, -0.05) is 6.92 Å². The lowest BCUT2D eigenvalue weighted by Gasteiger charge is -2.45. The highest BCUT2D eigenvalue weighted by Gasteiger charge is 2.41. The second kappa shape index (κ2) is 8.10. The van der Waals surface area contributed by atoms with Gasteiger partial charge in [0.15, 0.2) is 0 Å². The van der Waals surface area contributed by atoms with Crippen LogP contribution in [0.15, 0.2) is 17.0 Å². The zero-order valence-electron chi connectivity index (χ0n) is 18.7. The predicted octanol–water partition coefficient (Wildman–Crippen LogP) is 4.70. The standard InChI is InChI=1S/C23H30N2O4S/c1-8-29-21(27)15(4)25-20(26)19(30-22(25)28)11-16-10-17-14(3)12-23(5,6)24(7)18(17)9-13(16)2/h9-11,14-15H,8,12H2,1-7H3/b19-11+/t14-,15-/m0/s1. The van der Waals surface area contributed by atoms with Gasteiger partial charge in [0.2, 0.25) is 0 Å². The number of imide groups is 1. The number of hydrogen-bond donors (Lipinski definition) is 0. The number of anilines is 1. The van der Waals surface area contributed by atoms with Crippen molar-refractivity contribution in [3.63, 3.8) is 0 Å². The molecule has 1 aromatic rings. The van der Waals surface area contributed by atoms with E-state index in [4.69, 9.17) is 4.74 Å². The molecule has 6 nitrogen and oxygen atoms in total. The van der Waals surface area contributed by atoms with E-state index >= 15 is 0 Å². The number of thioether (sulfide) groups is 1. The van der Waals surface area contributed by atoms with Gasteiger partial charge in [0, 0.05) is 18.3 Å². The van der Waals surface area contributed by atoms with Crippen molar-refractivity contribution in [1.82, 2.24) is 4.90 Å². The first-order valence-electron chi connectivity index (χ1n) is 10.3. The third-order valence-electron chi connectivity index (χ3n) is 6.15. The van der Waals surface area contributed by atoms with E-state index in [1.807, 2.05) is 6.92 Å². The SMILES string of the molecule is CCOC(=O)[C@H](C)N1C(=O)S/C(=C/c2cc3c(cc2C)N(C)C(C)(C)C[C@@H]3C)C1=O. The van der Waals surface area contributed by atoms with Crippen molar-refractivity contribution in [2.45, 2.75) is 65.5 Å². The summed E-state index contributed by atoms with van der Waals surface area (Å²) in [7, 11) is 2.12. The lowest BCUT2D eigenvalue weighted by atomic mass is 9.79. The van der Waals surface area contributed by atoms with Crippen LogP contribution < -0.4 is 4.90 Å². The Kier molecular flexibility index (Phi) is 6.05. The predicted molar refractivity (Wildman–Crippen MR) is 121 cm³/mol. The quantitative estimate of drug-likeness (QED) is 0.509. The zero-order valence-corrected chi connectivity index (χ0v) is 19.6. The Hall–Kier alpha value is -2.28. The molecule has 1 saturated heterocycles. The summed E-state index contributed by atoms with van der Waals surface area (Å²) in [5.41, 5.74) is 4.48. The van der Waals surface area contributed by atoms with Crippen LogP contribution in [-0.2, 0) is 14.3 Å². The van der Waals surface area contributed by atoms with Gasteiger partial charge in [0.05, 0.1) is 11.5 Å². The smallest absolute Gasteiger partial charge is 0.329 e. The summed E-state index contributed by atoms with van der Waals surface area (Å²) in [5.74, 6) is -0.641. The number of carbonyl (C=O) groups excluding carboxylic acids is 3. The van der Waals surface area contributed by atoms with Gasteiger partial charge in [0.1, 0.15) is 6.04 Å². The molecule has 0 aliphatic carbocycles. The van der Waals surface area contributed by atoms with Crippen LogP contribution >= 0.6 is 11.8 Å². The van der Waals surface area contributed by atoms with E-state index in [-0.39, 0.29) is 12.1 Å². The van der Waals surface area contributed by atoms with Crippen molar-refractivity contribution in [3.05, 3.63) is 33.7 Å². The topological polar surface area (TPSA) is 66.9 Å². The lowest BCUT2D eigenvalue weighted by molar-refractivity contribution is -0.150. The summed E-state index contributed by atoms with van der Waals surface area (Å²) in [5, 5.41) is -0.447. The summed E-state index contributed by atoms with van der Waals surface area (Å²) >= 11 is 0.868. The van der Waals surface area contributed by atoms with Crippen LogP contribution in [0.3, 0.4) is 0 Å². The third kappa shape index (κ3) is 3.87. The molecule has 2 heterocycles. The average Bonchev–Trinajstić information content (AvgIpc) is 2.93. The molecule has 0 aromatic heterocycles. The highest BCUT2D eigenvalue weighted by Crippen LogP contribution is 2.44. The fraction of sp³-hybridized carbons (Fsp3) is 0.522. The Morgan fingerprint density at radius 3 is 2.67 bits per heavy atom. The molecule has 0 saturated carbocycles. The molecule has 2 amide bonds. The van der Waals surface area contributed by atoms with E-state index < -0.39 is 23.2 Å². The van der Waals surface area contributed by atoms with Gasteiger partial charge in [-0.05, 0) is 93.6 Å². The minimum atomic E-state index is -0.941. The van der Waals surface area contributed by atoms with Crippen molar-refractivity contribution in [2.24, 2.45) is 0 Å². The molecule has 7 heteroatoms. The molecule has 3 rings (SSSR count). The number of aryl methyl sites for hydroxylation is 1. The maximum Gasteiger partial charge on any atom is 0.329 e. The molecule has 2 aliphatic rings. The Bertz CT molecular complexity index is 937. The minimum Gasteiger partial charge on any atom is -0.464 e. The molecule has 0 radical (unpaired) electrons. The molecular weight excluding hydrogens is 400 g/mol. The van der Waals surface area contributed by atoms with Gasteiger partial charge in [-0.15, -0.1) is 0 Å². The van der Waals surface area contributed by atoms with Crippen LogP contribution in [0.5, 0.6) is 0 Å². The molecule has 30 heavy (non-hydrogen) atoms.